The van der Waals surface area contributed by atoms with Crippen LogP contribution in [0.15, 0.2) is 55.1 Å². The molecule has 0 spiro atoms. The number of thiazole rings is 1. The second-order valence-corrected chi connectivity index (χ2v) is 8.93. The largest absolute Gasteiger partial charge is 0.337 e. The molecular formula is C25H29ClN4OS. The van der Waals surface area contributed by atoms with E-state index in [0.717, 1.165) is 45.9 Å². The molecule has 0 saturated heterocycles. The first-order chi connectivity index (χ1) is 15.0. The van der Waals surface area contributed by atoms with Crippen molar-refractivity contribution in [3.8, 4) is 0 Å². The Kier molecular flexibility index (Phi) is 8.04. The van der Waals surface area contributed by atoms with Gasteiger partial charge < -0.3 is 4.57 Å². The van der Waals surface area contributed by atoms with E-state index in [1.54, 1.807) is 17.5 Å². The number of hydrogen-bond donors (Lipinski definition) is 0. The molecule has 2 heterocycles. The SMILES string of the molecule is CCc1cccc2sc(N(CCCn3ccnc3)C(=O)Cc3ccc(C)cc3C)nc12.Cl. The van der Waals surface area contributed by atoms with Crippen molar-refractivity contribution >= 4 is 45.0 Å². The van der Waals surface area contributed by atoms with Crippen molar-refractivity contribution in [3.05, 3.63) is 77.4 Å². The summed E-state index contributed by atoms with van der Waals surface area (Å²) in [6.45, 7) is 7.74. The van der Waals surface area contributed by atoms with Crippen LogP contribution in [0, 0.1) is 13.8 Å². The molecule has 168 valence electrons. The summed E-state index contributed by atoms with van der Waals surface area (Å²) in [6.07, 6.45) is 7.69. The van der Waals surface area contributed by atoms with E-state index in [4.69, 9.17) is 4.98 Å². The highest BCUT2D eigenvalue weighted by Crippen LogP contribution is 2.31. The summed E-state index contributed by atoms with van der Waals surface area (Å²) < 4.78 is 3.17. The van der Waals surface area contributed by atoms with E-state index in [-0.39, 0.29) is 18.3 Å². The Morgan fingerprint density at radius 2 is 2.00 bits per heavy atom. The molecule has 0 N–H and O–H groups in total. The third-order valence-corrected chi connectivity index (χ3v) is 6.64. The fraction of sp³-hybridized carbons (Fsp3) is 0.320. The van der Waals surface area contributed by atoms with Crippen LogP contribution in [0.1, 0.15) is 35.6 Å². The van der Waals surface area contributed by atoms with E-state index in [1.807, 2.05) is 22.0 Å². The summed E-state index contributed by atoms with van der Waals surface area (Å²) in [5.41, 5.74) is 5.68. The van der Waals surface area contributed by atoms with Crippen LogP contribution in [0.5, 0.6) is 0 Å². The predicted molar refractivity (Wildman–Crippen MR) is 135 cm³/mol. The van der Waals surface area contributed by atoms with Crippen LogP contribution in [-0.4, -0.2) is 27.0 Å². The van der Waals surface area contributed by atoms with E-state index in [9.17, 15) is 4.79 Å². The summed E-state index contributed by atoms with van der Waals surface area (Å²) in [4.78, 5) is 24.3. The molecule has 0 aliphatic carbocycles. The highest BCUT2D eigenvalue weighted by Gasteiger charge is 2.21. The standard InChI is InChI=1S/C25H28N4OS.ClH/c1-4-20-7-5-8-22-24(20)27-25(31-22)29(13-6-12-28-14-11-26-17-28)23(30)16-21-10-9-18(2)15-19(21)3;/h5,7-11,14-15,17H,4,6,12-13,16H2,1-3H3;1H. The molecule has 0 aliphatic heterocycles. The third kappa shape index (κ3) is 5.37. The summed E-state index contributed by atoms with van der Waals surface area (Å²) in [6, 6.07) is 12.6. The van der Waals surface area contributed by atoms with Crippen LogP contribution >= 0.6 is 23.7 Å². The van der Waals surface area contributed by atoms with E-state index >= 15 is 0 Å². The molecule has 0 bridgehead atoms. The molecule has 4 aromatic rings. The monoisotopic (exact) mass is 468 g/mol. The van der Waals surface area contributed by atoms with Crippen molar-refractivity contribution in [2.24, 2.45) is 0 Å². The minimum absolute atomic E-state index is 0. The van der Waals surface area contributed by atoms with E-state index in [2.05, 4.69) is 62.2 Å². The number of amides is 1. The number of fused-ring (bicyclic) bond motifs is 1. The average Bonchev–Trinajstić information content (AvgIpc) is 3.42. The Bertz CT molecular complexity index is 1190. The van der Waals surface area contributed by atoms with Crippen LogP contribution in [0.3, 0.4) is 0 Å². The molecule has 7 heteroatoms. The first kappa shape index (κ1) is 24.0. The number of hydrogen-bond acceptors (Lipinski definition) is 4. The van der Waals surface area contributed by atoms with Gasteiger partial charge in [0.25, 0.3) is 0 Å². The number of halogens is 1. The summed E-state index contributed by atoms with van der Waals surface area (Å²) in [5.74, 6) is 0.0923. The van der Waals surface area contributed by atoms with Crippen molar-refractivity contribution in [2.75, 3.05) is 11.4 Å². The molecule has 0 fully saturated rings. The summed E-state index contributed by atoms with van der Waals surface area (Å²) in [5, 5.41) is 0.788. The van der Waals surface area contributed by atoms with Gasteiger partial charge in [-0.25, -0.2) is 9.97 Å². The van der Waals surface area contributed by atoms with Gasteiger partial charge in [-0.05, 0) is 49.4 Å². The first-order valence-corrected chi connectivity index (χ1v) is 11.6. The summed E-state index contributed by atoms with van der Waals surface area (Å²) in [7, 11) is 0. The van der Waals surface area contributed by atoms with Gasteiger partial charge >= 0.3 is 0 Å². The van der Waals surface area contributed by atoms with Gasteiger partial charge in [-0.3, -0.25) is 9.69 Å². The van der Waals surface area contributed by atoms with E-state index in [1.165, 1.54) is 11.1 Å². The number of nitrogens with zero attached hydrogens (tertiary/aromatic N) is 4. The number of aromatic nitrogens is 3. The van der Waals surface area contributed by atoms with Crippen LogP contribution < -0.4 is 4.90 Å². The van der Waals surface area contributed by atoms with Crippen molar-refractivity contribution in [1.82, 2.24) is 14.5 Å². The molecule has 0 aliphatic rings. The van der Waals surface area contributed by atoms with Crippen molar-refractivity contribution < 1.29 is 4.79 Å². The second kappa shape index (κ2) is 10.7. The fourth-order valence-electron chi connectivity index (χ4n) is 3.85. The van der Waals surface area contributed by atoms with Gasteiger partial charge in [-0.15, -0.1) is 12.4 Å². The zero-order valence-electron chi connectivity index (χ0n) is 18.7. The van der Waals surface area contributed by atoms with Gasteiger partial charge in [0.2, 0.25) is 5.91 Å². The maximum absolute atomic E-state index is 13.4. The molecule has 2 aromatic carbocycles. The van der Waals surface area contributed by atoms with Crippen LogP contribution in [-0.2, 0) is 24.2 Å². The number of para-hydroxylation sites is 1. The normalized spacial score (nSPS) is 10.8. The van der Waals surface area contributed by atoms with Gasteiger partial charge in [0.05, 0.1) is 23.0 Å². The van der Waals surface area contributed by atoms with Gasteiger partial charge in [0.15, 0.2) is 5.13 Å². The summed E-state index contributed by atoms with van der Waals surface area (Å²) >= 11 is 1.60. The second-order valence-electron chi connectivity index (χ2n) is 7.92. The Morgan fingerprint density at radius 1 is 1.16 bits per heavy atom. The van der Waals surface area contributed by atoms with Crippen molar-refractivity contribution in [1.29, 1.82) is 0 Å². The van der Waals surface area contributed by atoms with Crippen molar-refractivity contribution in [2.45, 2.75) is 46.6 Å². The zero-order chi connectivity index (χ0) is 21.8. The lowest BCUT2D eigenvalue weighted by atomic mass is 10.0. The minimum Gasteiger partial charge on any atom is -0.337 e. The Labute approximate surface area is 199 Å². The molecule has 32 heavy (non-hydrogen) atoms. The first-order valence-electron chi connectivity index (χ1n) is 10.8. The highest BCUT2D eigenvalue weighted by atomic mass is 35.5. The molecule has 0 radical (unpaired) electrons. The number of benzene rings is 2. The topological polar surface area (TPSA) is 51.0 Å². The lowest BCUT2D eigenvalue weighted by Crippen LogP contribution is -2.33. The predicted octanol–water partition coefficient (Wildman–Crippen LogP) is 5.76. The molecule has 0 unspecified atom stereocenters. The molecule has 2 aromatic heterocycles. The van der Waals surface area contributed by atoms with Gasteiger partial charge in [0.1, 0.15) is 0 Å². The maximum atomic E-state index is 13.4. The Hall–Kier alpha value is -2.70. The lowest BCUT2D eigenvalue weighted by Gasteiger charge is -2.20. The lowest BCUT2D eigenvalue weighted by molar-refractivity contribution is -0.118. The van der Waals surface area contributed by atoms with Crippen LogP contribution in [0.25, 0.3) is 10.2 Å². The molecule has 5 nitrogen and oxygen atoms in total. The number of carbonyl (C=O) groups is 1. The minimum atomic E-state index is 0. The number of carbonyl (C=O) groups excluding carboxylic acids is 1. The quantitative estimate of drug-likeness (QED) is 0.330. The molecule has 0 saturated carbocycles. The molecular weight excluding hydrogens is 440 g/mol. The zero-order valence-corrected chi connectivity index (χ0v) is 20.4. The number of rotatable bonds is 8. The van der Waals surface area contributed by atoms with Crippen LogP contribution in [0.2, 0.25) is 0 Å². The molecule has 0 atom stereocenters. The van der Waals surface area contributed by atoms with Gasteiger partial charge in [-0.1, -0.05) is 54.2 Å². The highest BCUT2D eigenvalue weighted by molar-refractivity contribution is 7.22. The number of imidazole rings is 1. The van der Waals surface area contributed by atoms with Crippen molar-refractivity contribution in [3.63, 3.8) is 0 Å². The Balaban J connectivity index is 0.00000289. The van der Waals surface area contributed by atoms with E-state index < -0.39 is 0 Å². The Morgan fingerprint density at radius 3 is 2.72 bits per heavy atom. The number of anilines is 1. The molecule has 1 amide bonds. The van der Waals surface area contributed by atoms with Crippen LogP contribution in [0.4, 0.5) is 5.13 Å². The van der Waals surface area contributed by atoms with E-state index in [0.29, 0.717) is 13.0 Å². The maximum Gasteiger partial charge on any atom is 0.233 e. The van der Waals surface area contributed by atoms with Gasteiger partial charge in [0, 0.05) is 25.5 Å². The average molecular weight is 469 g/mol. The smallest absolute Gasteiger partial charge is 0.233 e. The third-order valence-electron chi connectivity index (χ3n) is 5.60. The number of aryl methyl sites for hydroxylation is 4. The molecule has 4 rings (SSSR count). The fourth-order valence-corrected chi connectivity index (χ4v) is 4.91. The van der Waals surface area contributed by atoms with Gasteiger partial charge in [-0.2, -0.15) is 0 Å².